The predicted octanol–water partition coefficient (Wildman–Crippen LogP) is 5.68. The first-order chi connectivity index (χ1) is 13.6. The van der Waals surface area contributed by atoms with Gasteiger partial charge in [0.15, 0.2) is 0 Å². The van der Waals surface area contributed by atoms with Crippen molar-refractivity contribution >= 4 is 11.7 Å². The molecular weight excluding hydrogens is 348 g/mol. The number of unbranched alkanes of at least 4 members (excludes halogenated alkanes) is 2. The van der Waals surface area contributed by atoms with Gasteiger partial charge in [-0.15, -0.1) is 0 Å². The Bertz CT molecular complexity index is 627. The van der Waals surface area contributed by atoms with Crippen LogP contribution in [0.1, 0.15) is 87.9 Å². The van der Waals surface area contributed by atoms with Crippen molar-refractivity contribution in [2.75, 3.05) is 5.32 Å². The third-order valence-electron chi connectivity index (χ3n) is 7.15. The number of nitrogens with two attached hydrogens (primary N) is 1. The van der Waals surface area contributed by atoms with Gasteiger partial charge in [-0.1, -0.05) is 70.4 Å². The van der Waals surface area contributed by atoms with Crippen molar-refractivity contribution in [2.24, 2.45) is 23.5 Å². The second-order valence-electron chi connectivity index (χ2n) is 9.05. The van der Waals surface area contributed by atoms with Crippen molar-refractivity contribution in [3.8, 4) is 0 Å². The molecule has 1 aromatic rings. The fraction of sp³-hybridized carbons (Fsp3) is 0.708. The van der Waals surface area contributed by atoms with Crippen LogP contribution in [0.4, 0.5) is 5.69 Å². The highest BCUT2D eigenvalue weighted by Crippen LogP contribution is 2.42. The maximum Gasteiger partial charge on any atom is 0.337 e. The summed E-state index contributed by atoms with van der Waals surface area (Å²) in [6.07, 6.45) is 13.9. The molecule has 2 aliphatic rings. The molecule has 2 aliphatic carbocycles. The van der Waals surface area contributed by atoms with E-state index in [4.69, 9.17) is 5.73 Å². The predicted molar refractivity (Wildman–Crippen MR) is 116 cm³/mol. The number of carbonyl (C=O) groups is 1. The molecule has 0 bridgehead atoms. The first kappa shape index (κ1) is 21.2. The van der Waals surface area contributed by atoms with Crippen LogP contribution in [0.5, 0.6) is 0 Å². The number of nitrogens with one attached hydrogen (secondary N) is 1. The summed E-state index contributed by atoms with van der Waals surface area (Å²) in [4.78, 5) is 11.7. The van der Waals surface area contributed by atoms with Crippen LogP contribution in [-0.4, -0.2) is 23.2 Å². The lowest BCUT2D eigenvalue weighted by molar-refractivity contribution is 0.0697. The van der Waals surface area contributed by atoms with Gasteiger partial charge in [0.1, 0.15) is 0 Å². The van der Waals surface area contributed by atoms with Crippen LogP contribution in [0.25, 0.3) is 0 Å². The van der Waals surface area contributed by atoms with Gasteiger partial charge < -0.3 is 16.2 Å². The Labute approximate surface area is 170 Å². The first-order valence-electron chi connectivity index (χ1n) is 11.4. The molecule has 3 rings (SSSR count). The third kappa shape index (κ3) is 5.28. The van der Waals surface area contributed by atoms with Gasteiger partial charge in [0.25, 0.3) is 0 Å². The largest absolute Gasteiger partial charge is 0.478 e. The highest BCUT2D eigenvalue weighted by molar-refractivity contribution is 5.94. The van der Waals surface area contributed by atoms with Crippen LogP contribution in [0.2, 0.25) is 0 Å². The summed E-state index contributed by atoms with van der Waals surface area (Å²) in [5.74, 6) is 1.03. The lowest BCUT2D eigenvalue weighted by Crippen LogP contribution is -2.49. The van der Waals surface area contributed by atoms with Crippen LogP contribution < -0.4 is 11.1 Å². The van der Waals surface area contributed by atoms with Gasteiger partial charge in [0, 0.05) is 17.8 Å². The average molecular weight is 387 g/mol. The fourth-order valence-corrected chi connectivity index (χ4v) is 5.62. The van der Waals surface area contributed by atoms with Crippen molar-refractivity contribution in [1.82, 2.24) is 0 Å². The zero-order valence-electron chi connectivity index (χ0n) is 17.4. The van der Waals surface area contributed by atoms with E-state index in [1.165, 1.54) is 51.4 Å². The Morgan fingerprint density at radius 3 is 2.57 bits per heavy atom. The maximum atomic E-state index is 11.7. The summed E-state index contributed by atoms with van der Waals surface area (Å²) < 4.78 is 0. The Kier molecular flexibility index (Phi) is 7.78. The summed E-state index contributed by atoms with van der Waals surface area (Å²) in [7, 11) is 0. The highest BCUT2D eigenvalue weighted by Gasteiger charge is 2.39. The van der Waals surface area contributed by atoms with Crippen LogP contribution in [0.3, 0.4) is 0 Å². The summed E-state index contributed by atoms with van der Waals surface area (Å²) in [5.41, 5.74) is 7.86. The average Bonchev–Trinajstić information content (AvgIpc) is 2.70. The van der Waals surface area contributed by atoms with E-state index in [0.29, 0.717) is 17.4 Å². The summed E-state index contributed by atoms with van der Waals surface area (Å²) in [6, 6.07) is 7.80. The molecule has 0 spiro atoms. The molecule has 0 saturated heterocycles. The van der Waals surface area contributed by atoms with E-state index >= 15 is 0 Å². The SMILES string of the molecule is CCCCCC1C(N)C[C@@H](C2CCCCC2)C[C@@H]1Nc1ccccc1C(=O)O. The Balaban J connectivity index is 1.77. The standard InChI is InChI=1S/C24H38N2O2/c1-2-3-5-12-19-21(25)15-18(17-10-6-4-7-11-17)16-23(19)26-22-14-9-8-13-20(22)24(27)28/h8-9,13-14,17-19,21,23,26H,2-7,10-12,15-16,25H2,1H3,(H,27,28)/t18-,19?,21?,23+/m1/s1. The topological polar surface area (TPSA) is 75.3 Å². The van der Waals surface area contributed by atoms with Crippen molar-refractivity contribution in [1.29, 1.82) is 0 Å². The van der Waals surface area contributed by atoms with Crippen LogP contribution in [0.15, 0.2) is 24.3 Å². The van der Waals surface area contributed by atoms with Crippen LogP contribution in [-0.2, 0) is 0 Å². The molecule has 0 heterocycles. The third-order valence-corrected chi connectivity index (χ3v) is 7.15. The van der Waals surface area contributed by atoms with Gasteiger partial charge in [0.2, 0.25) is 0 Å². The molecule has 0 radical (unpaired) electrons. The molecule has 2 fully saturated rings. The molecule has 0 aliphatic heterocycles. The smallest absolute Gasteiger partial charge is 0.337 e. The van der Waals surface area contributed by atoms with Crippen LogP contribution in [0, 0.1) is 17.8 Å². The number of carboxylic acids is 1. The van der Waals surface area contributed by atoms with E-state index in [9.17, 15) is 9.90 Å². The van der Waals surface area contributed by atoms with Crippen molar-refractivity contribution in [3.63, 3.8) is 0 Å². The lowest BCUT2D eigenvalue weighted by atomic mass is 9.66. The number of anilines is 1. The molecule has 2 saturated carbocycles. The van der Waals surface area contributed by atoms with Gasteiger partial charge >= 0.3 is 5.97 Å². The fourth-order valence-electron chi connectivity index (χ4n) is 5.62. The Morgan fingerprint density at radius 2 is 1.86 bits per heavy atom. The van der Waals surface area contributed by atoms with Crippen molar-refractivity contribution in [3.05, 3.63) is 29.8 Å². The zero-order chi connectivity index (χ0) is 19.9. The number of rotatable bonds is 8. The maximum absolute atomic E-state index is 11.7. The molecule has 4 nitrogen and oxygen atoms in total. The van der Waals surface area contributed by atoms with E-state index in [-0.39, 0.29) is 12.1 Å². The summed E-state index contributed by atoms with van der Waals surface area (Å²) >= 11 is 0. The van der Waals surface area contributed by atoms with E-state index in [1.54, 1.807) is 12.1 Å². The quantitative estimate of drug-likeness (QED) is 0.502. The zero-order valence-corrected chi connectivity index (χ0v) is 17.4. The number of hydrogen-bond acceptors (Lipinski definition) is 3. The molecule has 0 amide bonds. The van der Waals surface area contributed by atoms with Crippen LogP contribution >= 0.6 is 0 Å². The number of hydrogen-bond donors (Lipinski definition) is 3. The molecular formula is C24H38N2O2. The monoisotopic (exact) mass is 386 g/mol. The number of benzene rings is 1. The Morgan fingerprint density at radius 1 is 1.11 bits per heavy atom. The molecule has 156 valence electrons. The molecule has 4 heteroatoms. The van der Waals surface area contributed by atoms with Gasteiger partial charge in [-0.3, -0.25) is 0 Å². The van der Waals surface area contributed by atoms with E-state index in [0.717, 1.165) is 30.9 Å². The first-order valence-corrected chi connectivity index (χ1v) is 11.4. The molecule has 2 unspecified atom stereocenters. The van der Waals surface area contributed by atoms with Gasteiger partial charge in [-0.2, -0.15) is 0 Å². The lowest BCUT2D eigenvalue weighted by Gasteiger charge is -2.45. The second-order valence-corrected chi connectivity index (χ2v) is 9.05. The number of para-hydroxylation sites is 1. The molecule has 4 atom stereocenters. The van der Waals surface area contributed by atoms with E-state index in [1.807, 2.05) is 12.1 Å². The summed E-state index contributed by atoms with van der Waals surface area (Å²) in [5, 5.41) is 13.2. The molecule has 28 heavy (non-hydrogen) atoms. The van der Waals surface area contributed by atoms with E-state index < -0.39 is 5.97 Å². The number of aromatic carboxylic acids is 1. The molecule has 1 aromatic carbocycles. The molecule has 4 N–H and O–H groups in total. The van der Waals surface area contributed by atoms with E-state index in [2.05, 4.69) is 12.2 Å². The normalized spacial score (nSPS) is 28.8. The Hall–Kier alpha value is -1.55. The number of carboxylic acid groups (broad SMARTS) is 1. The second kappa shape index (κ2) is 10.3. The minimum atomic E-state index is -0.866. The van der Waals surface area contributed by atoms with Crippen molar-refractivity contribution in [2.45, 2.75) is 89.6 Å². The van der Waals surface area contributed by atoms with Crippen molar-refractivity contribution < 1.29 is 9.90 Å². The summed E-state index contributed by atoms with van der Waals surface area (Å²) in [6.45, 7) is 2.23. The van der Waals surface area contributed by atoms with Gasteiger partial charge in [-0.05, 0) is 49.1 Å². The highest BCUT2D eigenvalue weighted by atomic mass is 16.4. The van der Waals surface area contributed by atoms with Gasteiger partial charge in [0.05, 0.1) is 5.56 Å². The molecule has 0 aromatic heterocycles. The van der Waals surface area contributed by atoms with Gasteiger partial charge in [-0.25, -0.2) is 4.79 Å². The minimum absolute atomic E-state index is 0.215. The minimum Gasteiger partial charge on any atom is -0.478 e.